The van der Waals surface area contributed by atoms with Crippen molar-refractivity contribution in [2.75, 3.05) is 0 Å². The molecule has 0 atom stereocenters. The monoisotopic (exact) mass is 265 g/mol. The molecule has 96 valence electrons. The second kappa shape index (κ2) is 6.44. The van der Waals surface area contributed by atoms with E-state index in [1.165, 1.54) is 30.7 Å². The van der Waals surface area contributed by atoms with Gasteiger partial charge in [0.05, 0.1) is 0 Å². The highest BCUT2D eigenvalue weighted by Crippen LogP contribution is 2.13. The van der Waals surface area contributed by atoms with Crippen LogP contribution in [-0.4, -0.2) is 10.8 Å². The van der Waals surface area contributed by atoms with Crippen LogP contribution < -0.4 is 10.7 Å². The minimum Gasteiger partial charge on any atom is -0.357 e. The van der Waals surface area contributed by atoms with Crippen LogP contribution in [-0.2, 0) is 6.54 Å². The topological polar surface area (TPSA) is 36.4 Å². The first-order valence-corrected chi connectivity index (χ1v) is 6.48. The molecule has 1 aromatic carbocycles. The number of benzene rings is 1. The van der Waals surface area contributed by atoms with Gasteiger partial charge < -0.3 is 5.32 Å². The lowest BCUT2D eigenvalue weighted by Gasteiger charge is -2.07. The van der Waals surface area contributed by atoms with Gasteiger partial charge in [-0.05, 0) is 55.6 Å². The SMILES string of the molecule is Fc1ccc(CNC(=S)NN=C2CCCC2)cc1. The van der Waals surface area contributed by atoms with Gasteiger partial charge in [-0.25, -0.2) is 4.39 Å². The van der Waals surface area contributed by atoms with Crippen molar-refractivity contribution in [2.45, 2.75) is 32.2 Å². The van der Waals surface area contributed by atoms with Crippen LogP contribution >= 0.6 is 12.2 Å². The molecule has 1 aliphatic carbocycles. The van der Waals surface area contributed by atoms with Crippen molar-refractivity contribution in [3.05, 3.63) is 35.6 Å². The Morgan fingerprint density at radius 3 is 2.56 bits per heavy atom. The molecule has 0 heterocycles. The lowest BCUT2D eigenvalue weighted by atomic mass is 10.2. The maximum Gasteiger partial charge on any atom is 0.187 e. The van der Waals surface area contributed by atoms with Gasteiger partial charge in [0.15, 0.2) is 5.11 Å². The molecule has 1 saturated carbocycles. The normalized spacial score (nSPS) is 14.4. The van der Waals surface area contributed by atoms with E-state index in [9.17, 15) is 4.39 Å². The van der Waals surface area contributed by atoms with Crippen LogP contribution in [0.5, 0.6) is 0 Å². The summed E-state index contributed by atoms with van der Waals surface area (Å²) < 4.78 is 12.7. The van der Waals surface area contributed by atoms with Gasteiger partial charge in [0, 0.05) is 12.3 Å². The average molecular weight is 265 g/mol. The number of hydrogen-bond acceptors (Lipinski definition) is 2. The standard InChI is InChI=1S/C13H16FN3S/c14-11-7-5-10(6-8-11)9-15-13(18)17-16-12-3-1-2-4-12/h5-8H,1-4,9H2,(H2,15,17,18). The van der Waals surface area contributed by atoms with Crippen molar-refractivity contribution < 1.29 is 4.39 Å². The Balaban J connectivity index is 1.74. The number of halogens is 1. The van der Waals surface area contributed by atoms with Crippen molar-refractivity contribution >= 4 is 23.0 Å². The summed E-state index contributed by atoms with van der Waals surface area (Å²) in [5.74, 6) is -0.230. The number of thiocarbonyl (C=S) groups is 1. The second-order valence-electron chi connectivity index (χ2n) is 4.31. The molecular formula is C13H16FN3S. The Kier molecular flexibility index (Phi) is 4.64. The van der Waals surface area contributed by atoms with Crippen molar-refractivity contribution in [3.63, 3.8) is 0 Å². The fourth-order valence-electron chi connectivity index (χ4n) is 1.85. The predicted octanol–water partition coefficient (Wildman–Crippen LogP) is 2.72. The largest absolute Gasteiger partial charge is 0.357 e. The van der Waals surface area contributed by atoms with E-state index >= 15 is 0 Å². The molecule has 0 radical (unpaired) electrons. The van der Waals surface area contributed by atoms with Crippen LogP contribution in [0, 0.1) is 5.82 Å². The Labute approximate surface area is 111 Å². The number of hydrazone groups is 1. The van der Waals surface area contributed by atoms with E-state index in [1.54, 1.807) is 12.1 Å². The van der Waals surface area contributed by atoms with E-state index < -0.39 is 0 Å². The molecule has 0 amide bonds. The summed E-state index contributed by atoms with van der Waals surface area (Å²) in [5.41, 5.74) is 5.00. The van der Waals surface area contributed by atoms with Crippen molar-refractivity contribution in [2.24, 2.45) is 5.10 Å². The fourth-order valence-corrected chi connectivity index (χ4v) is 1.97. The van der Waals surface area contributed by atoms with Crippen LogP contribution in [0.4, 0.5) is 4.39 Å². The molecule has 1 aromatic rings. The molecule has 0 spiro atoms. The quantitative estimate of drug-likeness (QED) is 0.651. The zero-order chi connectivity index (χ0) is 12.8. The Bertz CT molecular complexity index is 434. The zero-order valence-corrected chi connectivity index (χ0v) is 10.9. The first-order valence-electron chi connectivity index (χ1n) is 6.08. The number of rotatable bonds is 3. The summed E-state index contributed by atoms with van der Waals surface area (Å²) in [6, 6.07) is 6.33. The highest BCUT2D eigenvalue weighted by Gasteiger charge is 2.07. The van der Waals surface area contributed by atoms with Crippen molar-refractivity contribution in [1.82, 2.24) is 10.7 Å². The van der Waals surface area contributed by atoms with Gasteiger partial charge >= 0.3 is 0 Å². The van der Waals surface area contributed by atoms with Crippen LogP contribution in [0.25, 0.3) is 0 Å². The predicted molar refractivity (Wildman–Crippen MR) is 74.9 cm³/mol. The maximum atomic E-state index is 12.7. The van der Waals surface area contributed by atoms with Crippen molar-refractivity contribution in [3.8, 4) is 0 Å². The highest BCUT2D eigenvalue weighted by atomic mass is 32.1. The van der Waals surface area contributed by atoms with E-state index in [2.05, 4.69) is 15.8 Å². The van der Waals surface area contributed by atoms with Crippen LogP contribution in [0.15, 0.2) is 29.4 Å². The van der Waals surface area contributed by atoms with Crippen LogP contribution in [0.1, 0.15) is 31.2 Å². The average Bonchev–Trinajstić information content (AvgIpc) is 2.89. The molecule has 0 unspecified atom stereocenters. The van der Waals surface area contributed by atoms with Gasteiger partial charge in [-0.1, -0.05) is 12.1 Å². The first kappa shape index (κ1) is 13.0. The molecule has 3 nitrogen and oxygen atoms in total. The summed E-state index contributed by atoms with van der Waals surface area (Å²) in [4.78, 5) is 0. The van der Waals surface area contributed by atoms with Gasteiger partial charge in [-0.2, -0.15) is 5.10 Å². The van der Waals surface area contributed by atoms with E-state index in [0.717, 1.165) is 18.4 Å². The van der Waals surface area contributed by atoms with Gasteiger partial charge in [0.1, 0.15) is 5.82 Å². The molecule has 0 saturated heterocycles. The highest BCUT2D eigenvalue weighted by molar-refractivity contribution is 7.80. The van der Waals surface area contributed by atoms with E-state index in [0.29, 0.717) is 11.7 Å². The number of hydrogen-bond donors (Lipinski definition) is 2. The molecule has 2 N–H and O–H groups in total. The number of nitrogens with zero attached hydrogens (tertiary/aromatic N) is 1. The fraction of sp³-hybridized carbons (Fsp3) is 0.385. The Morgan fingerprint density at radius 2 is 1.89 bits per heavy atom. The van der Waals surface area contributed by atoms with E-state index in [1.807, 2.05) is 0 Å². The third-order valence-corrected chi connectivity index (χ3v) is 3.10. The smallest absolute Gasteiger partial charge is 0.187 e. The number of nitrogens with one attached hydrogen (secondary N) is 2. The molecule has 0 bridgehead atoms. The van der Waals surface area contributed by atoms with E-state index in [4.69, 9.17) is 12.2 Å². The molecule has 18 heavy (non-hydrogen) atoms. The maximum absolute atomic E-state index is 12.7. The van der Waals surface area contributed by atoms with Crippen molar-refractivity contribution in [1.29, 1.82) is 0 Å². The lowest BCUT2D eigenvalue weighted by molar-refractivity contribution is 0.626. The summed E-state index contributed by atoms with van der Waals surface area (Å²) in [5, 5.41) is 7.78. The second-order valence-corrected chi connectivity index (χ2v) is 4.71. The first-order chi connectivity index (χ1) is 8.74. The van der Waals surface area contributed by atoms with Crippen LogP contribution in [0.3, 0.4) is 0 Å². The molecule has 0 aliphatic heterocycles. The molecule has 1 fully saturated rings. The van der Waals surface area contributed by atoms with Gasteiger partial charge in [-0.15, -0.1) is 0 Å². The minimum absolute atomic E-state index is 0.230. The Hall–Kier alpha value is -1.49. The molecule has 2 rings (SSSR count). The summed E-state index contributed by atoms with van der Waals surface area (Å²) in [7, 11) is 0. The van der Waals surface area contributed by atoms with E-state index in [-0.39, 0.29) is 5.82 Å². The van der Waals surface area contributed by atoms with Crippen LogP contribution in [0.2, 0.25) is 0 Å². The molecule has 5 heteroatoms. The minimum atomic E-state index is -0.230. The third kappa shape index (κ3) is 4.07. The zero-order valence-electron chi connectivity index (χ0n) is 10.1. The summed E-state index contributed by atoms with van der Waals surface area (Å²) in [6.07, 6.45) is 4.56. The Morgan fingerprint density at radius 1 is 1.22 bits per heavy atom. The third-order valence-electron chi connectivity index (χ3n) is 2.86. The molecular weight excluding hydrogens is 249 g/mol. The molecule has 0 aromatic heterocycles. The van der Waals surface area contributed by atoms with Gasteiger partial charge in [0.2, 0.25) is 0 Å². The van der Waals surface area contributed by atoms with Gasteiger partial charge in [-0.3, -0.25) is 5.43 Å². The lowest BCUT2D eigenvalue weighted by Crippen LogP contribution is -2.32. The summed E-state index contributed by atoms with van der Waals surface area (Å²) >= 11 is 5.11. The van der Waals surface area contributed by atoms with Gasteiger partial charge in [0.25, 0.3) is 0 Å². The molecule has 1 aliphatic rings. The summed E-state index contributed by atoms with van der Waals surface area (Å²) in [6.45, 7) is 0.566.